The van der Waals surface area contributed by atoms with Crippen molar-refractivity contribution < 1.29 is 9.47 Å². The second-order valence-electron chi connectivity index (χ2n) is 5.20. The molecule has 1 aromatic carbocycles. The molecule has 0 aliphatic heterocycles. The van der Waals surface area contributed by atoms with Gasteiger partial charge in [-0.3, -0.25) is 0 Å². The van der Waals surface area contributed by atoms with Gasteiger partial charge in [-0.05, 0) is 49.3 Å². The van der Waals surface area contributed by atoms with Crippen LogP contribution in [0.25, 0.3) is 0 Å². The molecule has 2 unspecified atom stereocenters. The van der Waals surface area contributed by atoms with Crippen molar-refractivity contribution in [2.75, 3.05) is 7.11 Å². The van der Waals surface area contributed by atoms with Gasteiger partial charge < -0.3 is 9.47 Å². The topological polar surface area (TPSA) is 18.5 Å². The number of hydrogen-bond donors (Lipinski definition) is 0. The summed E-state index contributed by atoms with van der Waals surface area (Å²) in [6, 6.07) is 6.48. The Labute approximate surface area is 111 Å². The molecule has 102 valence electrons. The van der Waals surface area contributed by atoms with E-state index < -0.39 is 0 Å². The lowest BCUT2D eigenvalue weighted by Gasteiger charge is -2.21. The average molecular weight is 250 g/mol. The second kappa shape index (κ2) is 6.79. The number of ether oxygens (including phenoxy) is 2. The Kier molecular flexibility index (Phi) is 5.67. The molecule has 0 radical (unpaired) electrons. The van der Waals surface area contributed by atoms with Crippen molar-refractivity contribution in [1.29, 1.82) is 0 Å². The largest absolute Gasteiger partial charge is 0.465 e. The van der Waals surface area contributed by atoms with Gasteiger partial charge in [0.15, 0.2) is 6.29 Å². The summed E-state index contributed by atoms with van der Waals surface area (Å²) < 4.78 is 10.8. The van der Waals surface area contributed by atoms with Crippen molar-refractivity contribution in [1.82, 2.24) is 0 Å². The van der Waals surface area contributed by atoms with Gasteiger partial charge in [-0.15, -0.1) is 0 Å². The van der Waals surface area contributed by atoms with E-state index in [9.17, 15) is 0 Å². The first-order valence-corrected chi connectivity index (χ1v) is 6.79. The predicted octanol–water partition coefficient (Wildman–Crippen LogP) is 4.52. The Bertz CT molecular complexity index is 371. The fraction of sp³-hybridized carbons (Fsp3) is 0.625. The number of methoxy groups -OCH3 is 1. The van der Waals surface area contributed by atoms with Gasteiger partial charge in [-0.2, -0.15) is 0 Å². The highest BCUT2D eigenvalue weighted by Gasteiger charge is 2.15. The summed E-state index contributed by atoms with van der Waals surface area (Å²) in [4.78, 5) is 0. The van der Waals surface area contributed by atoms with Crippen LogP contribution >= 0.6 is 0 Å². The molecule has 0 aromatic heterocycles. The van der Waals surface area contributed by atoms with Crippen LogP contribution in [0.4, 0.5) is 0 Å². The molecule has 0 N–H and O–H groups in total. The van der Waals surface area contributed by atoms with Crippen LogP contribution in [-0.2, 0) is 4.74 Å². The van der Waals surface area contributed by atoms with Crippen LogP contribution in [0.1, 0.15) is 51.2 Å². The third kappa shape index (κ3) is 3.74. The van der Waals surface area contributed by atoms with E-state index in [-0.39, 0.29) is 6.29 Å². The maximum Gasteiger partial charge on any atom is 0.196 e. The van der Waals surface area contributed by atoms with E-state index in [1.807, 2.05) is 6.92 Å². The van der Waals surface area contributed by atoms with Crippen LogP contribution in [-0.4, -0.2) is 13.4 Å². The molecule has 2 heteroatoms. The van der Waals surface area contributed by atoms with Gasteiger partial charge in [0.25, 0.3) is 0 Å². The van der Waals surface area contributed by atoms with Crippen LogP contribution in [0.3, 0.4) is 0 Å². The Hall–Kier alpha value is -1.02. The van der Waals surface area contributed by atoms with Crippen molar-refractivity contribution in [2.45, 2.75) is 53.2 Å². The van der Waals surface area contributed by atoms with Crippen molar-refractivity contribution in [3.63, 3.8) is 0 Å². The first-order chi connectivity index (χ1) is 8.49. The maximum absolute atomic E-state index is 5.70. The molecule has 0 fully saturated rings. The molecule has 1 rings (SSSR count). The lowest BCUT2D eigenvalue weighted by molar-refractivity contribution is -0.0386. The summed E-state index contributed by atoms with van der Waals surface area (Å²) in [6.45, 7) is 10.8. The van der Waals surface area contributed by atoms with E-state index in [1.165, 1.54) is 17.5 Å². The molecular weight excluding hydrogens is 224 g/mol. The molecule has 0 saturated carbocycles. The predicted molar refractivity (Wildman–Crippen MR) is 76.1 cm³/mol. The highest BCUT2D eigenvalue weighted by atomic mass is 16.7. The molecule has 18 heavy (non-hydrogen) atoms. The Morgan fingerprint density at radius 2 is 1.83 bits per heavy atom. The smallest absolute Gasteiger partial charge is 0.196 e. The highest BCUT2D eigenvalue weighted by Crippen LogP contribution is 2.31. The minimum atomic E-state index is -0.207. The monoisotopic (exact) mass is 250 g/mol. The molecule has 0 aliphatic carbocycles. The van der Waals surface area contributed by atoms with Crippen LogP contribution in [0.15, 0.2) is 18.2 Å². The van der Waals surface area contributed by atoms with E-state index in [0.29, 0.717) is 11.8 Å². The summed E-state index contributed by atoms with van der Waals surface area (Å²) in [5.74, 6) is 2.20. The quantitative estimate of drug-likeness (QED) is 0.691. The van der Waals surface area contributed by atoms with E-state index in [4.69, 9.17) is 9.47 Å². The summed E-state index contributed by atoms with van der Waals surface area (Å²) >= 11 is 0. The first kappa shape index (κ1) is 15.0. The van der Waals surface area contributed by atoms with Gasteiger partial charge in [-0.1, -0.05) is 32.9 Å². The number of hydrogen-bond acceptors (Lipinski definition) is 2. The Balaban J connectivity index is 2.91. The normalized spacial score (nSPS) is 14.6. The van der Waals surface area contributed by atoms with Gasteiger partial charge in [0.2, 0.25) is 0 Å². The molecule has 0 amide bonds. The van der Waals surface area contributed by atoms with Crippen molar-refractivity contribution in [2.24, 2.45) is 5.92 Å². The van der Waals surface area contributed by atoms with Crippen molar-refractivity contribution in [3.8, 4) is 5.75 Å². The molecule has 0 bridgehead atoms. The maximum atomic E-state index is 5.70. The van der Waals surface area contributed by atoms with E-state index in [1.54, 1.807) is 7.11 Å². The van der Waals surface area contributed by atoms with Gasteiger partial charge in [0, 0.05) is 7.11 Å². The molecule has 1 aromatic rings. The fourth-order valence-corrected chi connectivity index (χ4v) is 2.35. The van der Waals surface area contributed by atoms with E-state index in [2.05, 4.69) is 45.9 Å². The average Bonchev–Trinajstić information content (AvgIpc) is 2.32. The van der Waals surface area contributed by atoms with Crippen LogP contribution in [0, 0.1) is 12.8 Å². The third-order valence-electron chi connectivity index (χ3n) is 3.50. The zero-order valence-electron chi connectivity index (χ0n) is 12.5. The summed E-state index contributed by atoms with van der Waals surface area (Å²) in [6.07, 6.45) is 0.966. The molecule has 2 atom stereocenters. The zero-order chi connectivity index (χ0) is 13.7. The van der Waals surface area contributed by atoms with Gasteiger partial charge in [-0.25, -0.2) is 0 Å². The number of benzene rings is 1. The minimum Gasteiger partial charge on any atom is -0.465 e. The van der Waals surface area contributed by atoms with E-state index >= 15 is 0 Å². The number of aryl methyl sites for hydroxylation is 1. The molecule has 0 spiro atoms. The lowest BCUT2D eigenvalue weighted by atomic mass is 9.86. The van der Waals surface area contributed by atoms with E-state index in [0.717, 1.165) is 5.75 Å². The van der Waals surface area contributed by atoms with Gasteiger partial charge >= 0.3 is 0 Å². The van der Waals surface area contributed by atoms with Crippen LogP contribution < -0.4 is 4.74 Å². The number of rotatable bonds is 6. The molecule has 0 saturated heterocycles. The molecule has 2 nitrogen and oxygen atoms in total. The molecule has 0 aliphatic rings. The zero-order valence-corrected chi connectivity index (χ0v) is 12.5. The SMILES string of the molecule is CCC(c1ccc(OC(C)OC)c(C)c1)C(C)C. The Morgan fingerprint density at radius 1 is 1.17 bits per heavy atom. The molecule has 0 heterocycles. The lowest BCUT2D eigenvalue weighted by Crippen LogP contribution is -2.14. The highest BCUT2D eigenvalue weighted by molar-refractivity contribution is 5.37. The fourth-order valence-electron chi connectivity index (χ4n) is 2.35. The minimum absolute atomic E-state index is 0.207. The molecular formula is C16H26O2. The van der Waals surface area contributed by atoms with Gasteiger partial charge in [0.1, 0.15) is 5.75 Å². The summed E-state index contributed by atoms with van der Waals surface area (Å²) in [5.41, 5.74) is 2.58. The van der Waals surface area contributed by atoms with Crippen LogP contribution in [0.5, 0.6) is 5.75 Å². The first-order valence-electron chi connectivity index (χ1n) is 6.79. The van der Waals surface area contributed by atoms with Crippen LogP contribution in [0.2, 0.25) is 0 Å². The summed E-state index contributed by atoms with van der Waals surface area (Å²) in [5, 5.41) is 0. The van der Waals surface area contributed by atoms with Gasteiger partial charge in [0.05, 0.1) is 0 Å². The van der Waals surface area contributed by atoms with Crippen molar-refractivity contribution >= 4 is 0 Å². The van der Waals surface area contributed by atoms with Crippen molar-refractivity contribution in [3.05, 3.63) is 29.3 Å². The second-order valence-corrected chi connectivity index (χ2v) is 5.20. The third-order valence-corrected chi connectivity index (χ3v) is 3.50. The Morgan fingerprint density at radius 3 is 2.28 bits per heavy atom. The summed E-state index contributed by atoms with van der Waals surface area (Å²) in [7, 11) is 1.65. The standard InChI is InChI=1S/C16H26O2/c1-7-15(11(2)3)14-8-9-16(12(4)10-14)18-13(5)17-6/h8-11,13,15H,7H2,1-6H3.